The number of nitrogens with one attached hydrogen (secondary N) is 1. The van der Waals surface area contributed by atoms with Crippen molar-refractivity contribution in [1.82, 2.24) is 10.3 Å². The standard InChI is InChI=1S/C22H19N3O3S/c1-25-18-9-5-6-10-19(18)28-13-16(22(25)27)12-23-21(26)17-14-29-20(24-17)11-15-7-3-2-4-8-15/h2-10,12,14H,11,13H2,1H3,(H,23,26)/b16-12+. The van der Waals surface area contributed by atoms with Gasteiger partial charge < -0.3 is 15.0 Å². The number of likely N-dealkylation sites (N-methyl/N-ethyl adjacent to an activating group) is 1. The van der Waals surface area contributed by atoms with Crippen LogP contribution in [-0.2, 0) is 11.2 Å². The Bertz CT molecular complexity index is 1080. The first-order chi connectivity index (χ1) is 14.1. The van der Waals surface area contributed by atoms with Gasteiger partial charge in [0.2, 0.25) is 0 Å². The summed E-state index contributed by atoms with van der Waals surface area (Å²) in [5.41, 5.74) is 2.52. The number of benzene rings is 2. The van der Waals surface area contributed by atoms with E-state index in [9.17, 15) is 9.59 Å². The molecular formula is C22H19N3O3S. The van der Waals surface area contributed by atoms with E-state index < -0.39 is 0 Å². The fraction of sp³-hybridized carbons (Fsp3) is 0.136. The van der Waals surface area contributed by atoms with Gasteiger partial charge >= 0.3 is 0 Å². The van der Waals surface area contributed by atoms with Gasteiger partial charge in [-0.1, -0.05) is 42.5 Å². The normalized spacial score (nSPS) is 14.9. The van der Waals surface area contributed by atoms with Gasteiger partial charge in [0.15, 0.2) is 0 Å². The third-order valence-corrected chi connectivity index (χ3v) is 5.40. The maximum absolute atomic E-state index is 12.7. The van der Waals surface area contributed by atoms with Crippen molar-refractivity contribution in [2.75, 3.05) is 18.6 Å². The van der Waals surface area contributed by atoms with Gasteiger partial charge in [0, 0.05) is 25.0 Å². The van der Waals surface area contributed by atoms with E-state index >= 15 is 0 Å². The number of carbonyl (C=O) groups excluding carboxylic acids is 2. The molecule has 1 N–H and O–H groups in total. The van der Waals surface area contributed by atoms with Crippen LogP contribution in [0.5, 0.6) is 5.75 Å². The lowest BCUT2D eigenvalue weighted by molar-refractivity contribution is -0.115. The Morgan fingerprint density at radius 3 is 2.79 bits per heavy atom. The highest BCUT2D eigenvalue weighted by Gasteiger charge is 2.24. The monoisotopic (exact) mass is 405 g/mol. The largest absolute Gasteiger partial charge is 0.486 e. The number of aromatic nitrogens is 1. The van der Waals surface area contributed by atoms with Crippen LogP contribution in [0.15, 0.2) is 71.8 Å². The Hall–Kier alpha value is -3.45. The zero-order valence-corrected chi connectivity index (χ0v) is 16.6. The molecule has 3 aromatic rings. The van der Waals surface area contributed by atoms with Gasteiger partial charge in [-0.15, -0.1) is 11.3 Å². The van der Waals surface area contributed by atoms with E-state index in [2.05, 4.69) is 10.3 Å². The molecule has 1 aliphatic rings. The quantitative estimate of drug-likeness (QED) is 0.676. The summed E-state index contributed by atoms with van der Waals surface area (Å²) in [5.74, 6) is 0.0479. The van der Waals surface area contributed by atoms with Crippen molar-refractivity contribution in [3.63, 3.8) is 0 Å². The third kappa shape index (κ3) is 4.20. The van der Waals surface area contributed by atoms with Crippen LogP contribution < -0.4 is 15.0 Å². The van der Waals surface area contributed by atoms with Crippen LogP contribution in [0.25, 0.3) is 0 Å². The van der Waals surface area contributed by atoms with Crippen molar-refractivity contribution in [3.05, 3.63) is 88.0 Å². The Morgan fingerprint density at radius 1 is 1.21 bits per heavy atom. The van der Waals surface area contributed by atoms with Gasteiger partial charge in [0.25, 0.3) is 11.8 Å². The van der Waals surface area contributed by atoms with Gasteiger partial charge in [0.05, 0.1) is 16.3 Å². The van der Waals surface area contributed by atoms with Crippen molar-refractivity contribution in [3.8, 4) is 5.75 Å². The minimum Gasteiger partial charge on any atom is -0.486 e. The number of ether oxygens (including phenoxy) is 1. The lowest BCUT2D eigenvalue weighted by Crippen LogP contribution is -2.29. The Balaban J connectivity index is 1.44. The first-order valence-corrected chi connectivity index (χ1v) is 9.98. The molecule has 0 atom stereocenters. The molecule has 7 heteroatoms. The second-order valence-corrected chi connectivity index (χ2v) is 7.50. The van der Waals surface area contributed by atoms with E-state index in [-0.39, 0.29) is 18.4 Å². The summed E-state index contributed by atoms with van der Waals surface area (Å²) in [5, 5.41) is 5.25. The molecule has 0 radical (unpaired) electrons. The predicted octanol–water partition coefficient (Wildman–Crippen LogP) is 3.40. The molecule has 1 aliphatic heterocycles. The first kappa shape index (κ1) is 18.9. The van der Waals surface area contributed by atoms with Gasteiger partial charge in [0.1, 0.15) is 18.1 Å². The number of carbonyl (C=O) groups is 2. The second kappa shape index (κ2) is 8.28. The van der Waals surface area contributed by atoms with Crippen LogP contribution in [0.1, 0.15) is 21.1 Å². The number of thiazole rings is 1. The fourth-order valence-corrected chi connectivity index (χ4v) is 3.80. The number of nitrogens with zero attached hydrogens (tertiary/aromatic N) is 2. The lowest BCUT2D eigenvalue weighted by atomic mass is 10.2. The smallest absolute Gasteiger partial charge is 0.274 e. The lowest BCUT2D eigenvalue weighted by Gasteiger charge is -2.15. The van der Waals surface area contributed by atoms with Crippen LogP contribution in [0.3, 0.4) is 0 Å². The van der Waals surface area contributed by atoms with Crippen LogP contribution in [-0.4, -0.2) is 30.5 Å². The molecule has 146 valence electrons. The topological polar surface area (TPSA) is 71.5 Å². The summed E-state index contributed by atoms with van der Waals surface area (Å²) in [4.78, 5) is 31.1. The van der Waals surface area contributed by atoms with E-state index in [0.717, 1.165) is 10.6 Å². The third-order valence-electron chi connectivity index (χ3n) is 4.55. The first-order valence-electron chi connectivity index (χ1n) is 9.10. The highest BCUT2D eigenvalue weighted by molar-refractivity contribution is 7.09. The van der Waals surface area contributed by atoms with E-state index in [1.807, 2.05) is 54.6 Å². The molecule has 0 saturated carbocycles. The zero-order valence-electron chi connectivity index (χ0n) is 15.8. The summed E-state index contributed by atoms with van der Waals surface area (Å²) in [6, 6.07) is 17.3. The SMILES string of the molecule is CN1C(=O)/C(=C/NC(=O)c2csc(Cc3ccccc3)n2)COc2ccccc21. The van der Waals surface area contributed by atoms with E-state index in [0.29, 0.717) is 29.1 Å². The molecule has 1 aromatic heterocycles. The molecule has 2 heterocycles. The van der Waals surface area contributed by atoms with Crippen molar-refractivity contribution < 1.29 is 14.3 Å². The highest BCUT2D eigenvalue weighted by Crippen LogP contribution is 2.30. The van der Waals surface area contributed by atoms with Crippen LogP contribution in [0.4, 0.5) is 5.69 Å². The number of fused-ring (bicyclic) bond motifs is 1. The maximum Gasteiger partial charge on any atom is 0.274 e. The molecule has 0 saturated heterocycles. The molecular weight excluding hydrogens is 386 g/mol. The number of hydrogen-bond donors (Lipinski definition) is 1. The summed E-state index contributed by atoms with van der Waals surface area (Å²) in [7, 11) is 1.68. The number of hydrogen-bond acceptors (Lipinski definition) is 5. The Labute approximate surface area is 172 Å². The van der Waals surface area contributed by atoms with Crippen LogP contribution in [0.2, 0.25) is 0 Å². The van der Waals surface area contributed by atoms with Gasteiger partial charge in [-0.05, 0) is 17.7 Å². The highest BCUT2D eigenvalue weighted by atomic mass is 32.1. The van der Waals surface area contributed by atoms with Gasteiger partial charge in [-0.25, -0.2) is 4.98 Å². The van der Waals surface area contributed by atoms with Crippen LogP contribution in [0, 0.1) is 0 Å². The minimum atomic E-state index is -0.356. The molecule has 29 heavy (non-hydrogen) atoms. The molecule has 4 rings (SSSR count). The maximum atomic E-state index is 12.7. The average molecular weight is 405 g/mol. The van der Waals surface area contributed by atoms with Gasteiger partial charge in [-0.2, -0.15) is 0 Å². The Kier molecular flexibility index (Phi) is 5.39. The number of anilines is 1. The average Bonchev–Trinajstić information content (AvgIpc) is 3.18. The van der Waals surface area contributed by atoms with E-state index in [1.54, 1.807) is 12.4 Å². The summed E-state index contributed by atoms with van der Waals surface area (Å²) >= 11 is 1.44. The van der Waals surface area contributed by atoms with Crippen molar-refractivity contribution in [1.29, 1.82) is 0 Å². The van der Waals surface area contributed by atoms with E-state index in [1.165, 1.54) is 22.4 Å². The molecule has 2 aromatic carbocycles. The molecule has 0 bridgehead atoms. The van der Waals surface area contributed by atoms with Gasteiger partial charge in [-0.3, -0.25) is 9.59 Å². The fourth-order valence-electron chi connectivity index (χ4n) is 3.00. The van der Waals surface area contributed by atoms with E-state index in [4.69, 9.17) is 4.74 Å². The van der Waals surface area contributed by atoms with Crippen molar-refractivity contribution in [2.24, 2.45) is 0 Å². The van der Waals surface area contributed by atoms with Crippen molar-refractivity contribution in [2.45, 2.75) is 6.42 Å². The van der Waals surface area contributed by atoms with Crippen molar-refractivity contribution >= 4 is 28.8 Å². The molecule has 0 fully saturated rings. The molecule has 0 aliphatic carbocycles. The zero-order chi connectivity index (χ0) is 20.2. The molecule has 0 unspecified atom stereocenters. The number of para-hydroxylation sites is 2. The predicted molar refractivity (Wildman–Crippen MR) is 112 cm³/mol. The summed E-state index contributed by atoms with van der Waals surface area (Å²) in [6.07, 6.45) is 2.08. The molecule has 6 nitrogen and oxygen atoms in total. The Morgan fingerprint density at radius 2 is 1.97 bits per heavy atom. The summed E-state index contributed by atoms with van der Waals surface area (Å²) in [6.45, 7) is 0.0801. The number of amides is 2. The van der Waals surface area contributed by atoms with Crippen LogP contribution >= 0.6 is 11.3 Å². The molecule has 2 amide bonds. The summed E-state index contributed by atoms with van der Waals surface area (Å²) < 4.78 is 5.71. The second-order valence-electron chi connectivity index (χ2n) is 6.55. The minimum absolute atomic E-state index is 0.0801. The number of rotatable bonds is 4. The molecule has 0 spiro atoms.